The van der Waals surface area contributed by atoms with Gasteiger partial charge in [-0.25, -0.2) is 4.98 Å². The molecule has 0 saturated heterocycles. The first kappa shape index (κ1) is 21.2. The Morgan fingerprint density at radius 1 is 0.906 bits per heavy atom. The Bertz CT molecular complexity index is 1280. The number of benzene rings is 2. The van der Waals surface area contributed by atoms with Gasteiger partial charge in [0.15, 0.2) is 0 Å². The molecule has 0 aliphatic rings. The molecule has 8 heteroatoms. The van der Waals surface area contributed by atoms with Crippen LogP contribution >= 0.6 is 11.3 Å². The van der Waals surface area contributed by atoms with Crippen LogP contribution in [0.5, 0.6) is 0 Å². The first-order valence-electron chi connectivity index (χ1n) is 9.89. The number of para-hydroxylation sites is 1. The fourth-order valence-corrected chi connectivity index (χ4v) is 3.77. The standard InChI is InChI=1S/C24H20N4O3S/c1-15-8-10-16(11-9-15)20-13-18(17-5-2-3-6-19(17)26-20)23(30)28-27-22(29)14-25-24(31)21-7-4-12-32-21/h2-13H,14H2,1H3,(H,25,31)(H,27,29)(H,28,30). The molecule has 0 bridgehead atoms. The van der Waals surface area contributed by atoms with Crippen molar-refractivity contribution < 1.29 is 14.4 Å². The number of fused-ring (bicyclic) bond motifs is 1. The maximum absolute atomic E-state index is 12.9. The van der Waals surface area contributed by atoms with Crippen LogP contribution < -0.4 is 16.2 Å². The molecule has 160 valence electrons. The van der Waals surface area contributed by atoms with Gasteiger partial charge in [0.2, 0.25) is 0 Å². The summed E-state index contributed by atoms with van der Waals surface area (Å²) in [5.74, 6) is -1.36. The Balaban J connectivity index is 1.48. The minimum absolute atomic E-state index is 0.261. The van der Waals surface area contributed by atoms with E-state index in [9.17, 15) is 14.4 Å². The van der Waals surface area contributed by atoms with E-state index in [2.05, 4.69) is 21.2 Å². The summed E-state index contributed by atoms with van der Waals surface area (Å²) in [6.07, 6.45) is 0. The van der Waals surface area contributed by atoms with E-state index in [1.54, 1.807) is 29.6 Å². The van der Waals surface area contributed by atoms with Gasteiger partial charge in [-0.15, -0.1) is 11.3 Å². The molecule has 0 saturated carbocycles. The largest absolute Gasteiger partial charge is 0.342 e. The van der Waals surface area contributed by atoms with E-state index in [4.69, 9.17) is 0 Å². The van der Waals surface area contributed by atoms with Gasteiger partial charge in [0, 0.05) is 10.9 Å². The predicted octanol–water partition coefficient (Wildman–Crippen LogP) is 3.46. The zero-order valence-corrected chi connectivity index (χ0v) is 18.0. The highest BCUT2D eigenvalue weighted by atomic mass is 32.1. The molecule has 32 heavy (non-hydrogen) atoms. The van der Waals surface area contributed by atoms with Gasteiger partial charge in [0.25, 0.3) is 17.7 Å². The molecule has 3 amide bonds. The summed E-state index contributed by atoms with van der Waals surface area (Å²) in [7, 11) is 0. The molecule has 4 aromatic rings. The van der Waals surface area contributed by atoms with Crippen LogP contribution in [-0.2, 0) is 4.79 Å². The van der Waals surface area contributed by atoms with E-state index in [0.717, 1.165) is 11.1 Å². The van der Waals surface area contributed by atoms with Gasteiger partial charge < -0.3 is 5.32 Å². The molecule has 0 aliphatic carbocycles. The number of rotatable bonds is 5. The molecule has 2 heterocycles. The zero-order chi connectivity index (χ0) is 22.5. The Hall–Kier alpha value is -4.04. The van der Waals surface area contributed by atoms with E-state index in [-0.39, 0.29) is 12.5 Å². The molecule has 7 nitrogen and oxygen atoms in total. The first-order chi connectivity index (χ1) is 15.5. The van der Waals surface area contributed by atoms with Crippen LogP contribution in [0.15, 0.2) is 72.1 Å². The summed E-state index contributed by atoms with van der Waals surface area (Å²) in [4.78, 5) is 42.1. The van der Waals surface area contributed by atoms with Gasteiger partial charge in [-0.05, 0) is 30.5 Å². The smallest absolute Gasteiger partial charge is 0.270 e. The number of amides is 3. The van der Waals surface area contributed by atoms with Gasteiger partial charge >= 0.3 is 0 Å². The lowest BCUT2D eigenvalue weighted by Gasteiger charge is -2.12. The first-order valence-corrected chi connectivity index (χ1v) is 10.8. The van der Waals surface area contributed by atoms with Crippen molar-refractivity contribution in [1.82, 2.24) is 21.2 Å². The fourth-order valence-electron chi connectivity index (χ4n) is 3.13. The third-order valence-electron chi connectivity index (χ3n) is 4.78. The average molecular weight is 445 g/mol. The van der Waals surface area contributed by atoms with Crippen molar-refractivity contribution in [2.75, 3.05) is 6.54 Å². The van der Waals surface area contributed by atoms with Crippen molar-refractivity contribution in [3.8, 4) is 11.3 Å². The lowest BCUT2D eigenvalue weighted by molar-refractivity contribution is -0.120. The zero-order valence-electron chi connectivity index (χ0n) is 17.2. The quantitative estimate of drug-likeness (QED) is 0.411. The van der Waals surface area contributed by atoms with Crippen molar-refractivity contribution >= 4 is 40.0 Å². The summed E-state index contributed by atoms with van der Waals surface area (Å²) in [5, 5.41) is 4.96. The molecular formula is C24H20N4O3S. The van der Waals surface area contributed by atoms with Gasteiger partial charge in [-0.3, -0.25) is 25.2 Å². The van der Waals surface area contributed by atoms with Crippen molar-refractivity contribution in [3.05, 3.63) is 88.1 Å². The molecule has 0 spiro atoms. The van der Waals surface area contributed by atoms with Gasteiger partial charge in [-0.1, -0.05) is 54.1 Å². The Morgan fingerprint density at radius 2 is 1.69 bits per heavy atom. The summed E-state index contributed by atoms with van der Waals surface area (Å²) in [6.45, 7) is 1.74. The number of aryl methyl sites for hydroxylation is 1. The third-order valence-corrected chi connectivity index (χ3v) is 5.65. The Kier molecular flexibility index (Phi) is 6.23. The number of hydrogen-bond donors (Lipinski definition) is 3. The topological polar surface area (TPSA) is 100 Å². The highest BCUT2D eigenvalue weighted by molar-refractivity contribution is 7.12. The maximum Gasteiger partial charge on any atom is 0.270 e. The van der Waals surface area contributed by atoms with Gasteiger partial charge in [-0.2, -0.15) is 0 Å². The van der Waals surface area contributed by atoms with E-state index in [0.29, 0.717) is 27.0 Å². The number of carbonyl (C=O) groups is 3. The summed E-state index contributed by atoms with van der Waals surface area (Å²) in [6, 6.07) is 20.3. The van der Waals surface area contributed by atoms with Crippen molar-refractivity contribution in [2.24, 2.45) is 0 Å². The number of hydrogen-bond acceptors (Lipinski definition) is 5. The SMILES string of the molecule is Cc1ccc(-c2cc(C(=O)NNC(=O)CNC(=O)c3cccs3)c3ccccc3n2)cc1. The molecule has 3 N–H and O–H groups in total. The Labute approximate surface area is 188 Å². The van der Waals surface area contributed by atoms with Crippen molar-refractivity contribution in [3.63, 3.8) is 0 Å². The second-order valence-electron chi connectivity index (χ2n) is 7.10. The van der Waals surface area contributed by atoms with Crippen LogP contribution in [0.3, 0.4) is 0 Å². The molecule has 0 aliphatic heterocycles. The molecule has 0 radical (unpaired) electrons. The van der Waals surface area contributed by atoms with Gasteiger partial charge in [0.1, 0.15) is 0 Å². The van der Waals surface area contributed by atoms with E-state index < -0.39 is 11.8 Å². The van der Waals surface area contributed by atoms with Crippen LogP contribution in [0.2, 0.25) is 0 Å². The third kappa shape index (κ3) is 4.81. The van der Waals surface area contributed by atoms with E-state index in [1.165, 1.54) is 11.3 Å². The number of carbonyl (C=O) groups excluding carboxylic acids is 3. The second-order valence-corrected chi connectivity index (χ2v) is 8.05. The summed E-state index contributed by atoms with van der Waals surface area (Å²) >= 11 is 1.28. The average Bonchev–Trinajstić information content (AvgIpc) is 3.36. The van der Waals surface area contributed by atoms with Crippen molar-refractivity contribution in [1.29, 1.82) is 0 Å². The van der Waals surface area contributed by atoms with E-state index in [1.807, 2.05) is 49.4 Å². The maximum atomic E-state index is 12.9. The molecule has 4 rings (SSSR count). The lowest BCUT2D eigenvalue weighted by atomic mass is 10.0. The molecule has 2 aromatic carbocycles. The lowest BCUT2D eigenvalue weighted by Crippen LogP contribution is -2.46. The summed E-state index contributed by atoms with van der Waals surface area (Å²) in [5.41, 5.74) is 8.49. The molecule has 0 unspecified atom stereocenters. The van der Waals surface area contributed by atoms with Gasteiger partial charge in [0.05, 0.1) is 28.2 Å². The fraction of sp³-hybridized carbons (Fsp3) is 0.0833. The monoisotopic (exact) mass is 444 g/mol. The minimum Gasteiger partial charge on any atom is -0.342 e. The number of nitrogens with zero attached hydrogens (tertiary/aromatic N) is 1. The highest BCUT2D eigenvalue weighted by Gasteiger charge is 2.15. The molecule has 0 fully saturated rings. The van der Waals surface area contributed by atoms with Crippen LogP contribution in [0.25, 0.3) is 22.2 Å². The van der Waals surface area contributed by atoms with E-state index >= 15 is 0 Å². The Morgan fingerprint density at radius 3 is 2.44 bits per heavy atom. The number of nitrogens with one attached hydrogen (secondary N) is 3. The van der Waals surface area contributed by atoms with Crippen LogP contribution in [0, 0.1) is 6.92 Å². The number of thiophene rings is 1. The molecule has 2 aromatic heterocycles. The second kappa shape index (κ2) is 9.40. The van der Waals surface area contributed by atoms with Crippen LogP contribution in [0.4, 0.5) is 0 Å². The van der Waals surface area contributed by atoms with Crippen LogP contribution in [0.1, 0.15) is 25.6 Å². The predicted molar refractivity (Wildman–Crippen MR) is 124 cm³/mol. The molecular weight excluding hydrogens is 424 g/mol. The number of hydrazine groups is 1. The highest BCUT2D eigenvalue weighted by Crippen LogP contribution is 2.25. The van der Waals surface area contributed by atoms with Crippen LogP contribution in [-0.4, -0.2) is 29.3 Å². The summed E-state index contributed by atoms with van der Waals surface area (Å²) < 4.78 is 0. The number of aromatic nitrogens is 1. The normalized spacial score (nSPS) is 10.5. The van der Waals surface area contributed by atoms with Crippen molar-refractivity contribution in [2.45, 2.75) is 6.92 Å². The number of pyridine rings is 1. The minimum atomic E-state index is -0.541. The molecule has 0 atom stereocenters.